The molecule has 0 radical (unpaired) electrons. The zero-order chi connectivity index (χ0) is 27.0. The van der Waals surface area contributed by atoms with Gasteiger partial charge in [0, 0.05) is 25.1 Å². The van der Waals surface area contributed by atoms with E-state index in [1.54, 1.807) is 34.9 Å². The van der Waals surface area contributed by atoms with Gasteiger partial charge in [0.05, 0.1) is 4.90 Å². The van der Waals surface area contributed by atoms with Crippen LogP contribution in [0.5, 0.6) is 0 Å². The Morgan fingerprint density at radius 3 is 2.43 bits per heavy atom. The predicted molar refractivity (Wildman–Crippen MR) is 146 cm³/mol. The molecule has 198 valence electrons. The zero-order valence-corrected chi connectivity index (χ0v) is 22.8. The molecule has 0 spiro atoms. The molecule has 3 aromatic rings. The minimum atomic E-state index is -3.97. The Balaban J connectivity index is 1.95. The number of unbranched alkanes of at least 4 members (excludes halogenated alkanes) is 1. The van der Waals surface area contributed by atoms with Crippen molar-refractivity contribution in [1.29, 1.82) is 0 Å². The molecular formula is C26H32N4O5S2. The number of urea groups is 1. The van der Waals surface area contributed by atoms with Crippen LogP contribution in [0.3, 0.4) is 0 Å². The molecule has 2 amide bonds. The van der Waals surface area contributed by atoms with E-state index in [1.165, 1.54) is 17.8 Å². The van der Waals surface area contributed by atoms with Crippen LogP contribution < -0.4 is 5.32 Å². The van der Waals surface area contributed by atoms with Crippen LogP contribution >= 0.6 is 11.8 Å². The van der Waals surface area contributed by atoms with Crippen LogP contribution in [-0.4, -0.2) is 48.2 Å². The number of nitrogens with one attached hydrogen (secondary N) is 1. The molecule has 9 nitrogen and oxygen atoms in total. The van der Waals surface area contributed by atoms with Gasteiger partial charge in [-0.15, -0.1) is 16.1 Å². The van der Waals surface area contributed by atoms with E-state index in [0.717, 1.165) is 24.2 Å². The summed E-state index contributed by atoms with van der Waals surface area (Å²) in [5.74, 6) is -0.282. The quantitative estimate of drug-likeness (QED) is 0.261. The van der Waals surface area contributed by atoms with Crippen LogP contribution in [0.15, 0.2) is 62.8 Å². The molecule has 2 aromatic carbocycles. The predicted octanol–water partition coefficient (Wildman–Crippen LogP) is 5.78. The van der Waals surface area contributed by atoms with Crippen molar-refractivity contribution in [2.45, 2.75) is 56.0 Å². The van der Waals surface area contributed by atoms with Crippen molar-refractivity contribution in [2.24, 2.45) is 4.36 Å². The first-order valence-corrected chi connectivity index (χ1v) is 14.7. The Bertz CT molecular complexity index is 1380. The number of aromatic nitrogens is 2. The van der Waals surface area contributed by atoms with Gasteiger partial charge < -0.3 is 15.0 Å². The molecule has 1 unspecified atom stereocenters. The number of hydrogen-bond donors (Lipinski definition) is 3. The molecule has 0 aliphatic heterocycles. The number of thioether (sulfide) groups is 1. The van der Waals surface area contributed by atoms with Gasteiger partial charge in [0.2, 0.25) is 10.0 Å². The Morgan fingerprint density at radius 1 is 1.11 bits per heavy atom. The number of amides is 2. The number of aryl methyl sites for hydroxylation is 1. The summed E-state index contributed by atoms with van der Waals surface area (Å²) in [6, 6.07) is 13.0. The summed E-state index contributed by atoms with van der Waals surface area (Å²) in [7, 11) is -3.97. The van der Waals surface area contributed by atoms with Crippen molar-refractivity contribution in [1.82, 2.24) is 14.9 Å². The van der Waals surface area contributed by atoms with E-state index < -0.39 is 22.0 Å². The smallest absolute Gasteiger partial charge is 0.355 e. The molecule has 1 aromatic heterocycles. The largest absolute Gasteiger partial charge is 0.476 e. The fourth-order valence-electron chi connectivity index (χ4n) is 3.86. The van der Waals surface area contributed by atoms with E-state index >= 15 is 0 Å². The van der Waals surface area contributed by atoms with E-state index in [9.17, 15) is 23.5 Å². The lowest BCUT2D eigenvalue weighted by atomic mass is 10.0. The van der Waals surface area contributed by atoms with E-state index in [1.807, 2.05) is 25.3 Å². The molecule has 0 saturated carbocycles. The normalized spacial score (nSPS) is 12.6. The lowest BCUT2D eigenvalue weighted by Crippen LogP contribution is -2.21. The number of hydrogen-bond acceptors (Lipinski definition) is 5. The Morgan fingerprint density at radius 2 is 1.81 bits per heavy atom. The highest BCUT2D eigenvalue weighted by atomic mass is 32.2. The zero-order valence-electron chi connectivity index (χ0n) is 21.1. The average Bonchev–Trinajstić information content (AvgIpc) is 3.23. The summed E-state index contributed by atoms with van der Waals surface area (Å²) in [6.07, 6.45) is 5.06. The number of carboxylic acid groups (broad SMARTS) is 1. The van der Waals surface area contributed by atoms with Crippen LogP contribution in [0.4, 0.5) is 4.79 Å². The molecule has 0 saturated heterocycles. The highest BCUT2D eigenvalue weighted by Crippen LogP contribution is 2.29. The van der Waals surface area contributed by atoms with Gasteiger partial charge in [0.15, 0.2) is 5.69 Å². The summed E-state index contributed by atoms with van der Waals surface area (Å²) in [4.78, 5) is 28.6. The highest BCUT2D eigenvalue weighted by Gasteiger charge is 2.22. The van der Waals surface area contributed by atoms with Crippen molar-refractivity contribution < 1.29 is 23.5 Å². The maximum absolute atomic E-state index is 13.0. The fourth-order valence-corrected chi connectivity index (χ4v) is 5.56. The number of benzene rings is 2. The van der Waals surface area contributed by atoms with Gasteiger partial charge in [-0.25, -0.2) is 18.8 Å². The average molecular weight is 545 g/mol. The number of carbonyl (C=O) groups excluding carboxylic acids is 1. The first-order valence-electron chi connectivity index (χ1n) is 12.0. The second kappa shape index (κ2) is 12.9. The van der Waals surface area contributed by atoms with Crippen LogP contribution in [0.1, 0.15) is 55.0 Å². The van der Waals surface area contributed by atoms with Crippen LogP contribution in [-0.2, 0) is 23.0 Å². The molecule has 0 aliphatic rings. The second-order valence-electron chi connectivity index (χ2n) is 8.39. The molecular weight excluding hydrogens is 512 g/mol. The molecule has 0 aliphatic carbocycles. The van der Waals surface area contributed by atoms with Gasteiger partial charge in [-0.3, -0.25) is 4.55 Å². The van der Waals surface area contributed by atoms with Gasteiger partial charge in [-0.2, -0.15) is 0 Å². The Kier molecular flexibility index (Phi) is 9.90. The summed E-state index contributed by atoms with van der Waals surface area (Å²) in [5.41, 5.74) is 2.19. The summed E-state index contributed by atoms with van der Waals surface area (Å²) >= 11 is 1.31. The van der Waals surface area contributed by atoms with E-state index in [4.69, 9.17) is 0 Å². The van der Waals surface area contributed by atoms with Crippen LogP contribution in [0.25, 0.3) is 11.1 Å². The van der Waals surface area contributed by atoms with Crippen molar-refractivity contribution >= 4 is 33.8 Å². The van der Waals surface area contributed by atoms with Crippen molar-refractivity contribution in [3.63, 3.8) is 0 Å². The van der Waals surface area contributed by atoms with Crippen molar-refractivity contribution in [3.8, 4) is 11.1 Å². The molecule has 0 fully saturated rings. The lowest BCUT2D eigenvalue weighted by Gasteiger charge is -2.13. The monoisotopic (exact) mass is 544 g/mol. The number of carbonyl (C=O) groups is 2. The third kappa shape index (κ3) is 7.00. The van der Waals surface area contributed by atoms with E-state index in [2.05, 4.69) is 21.6 Å². The van der Waals surface area contributed by atoms with Crippen molar-refractivity contribution in [3.05, 3.63) is 65.6 Å². The van der Waals surface area contributed by atoms with Gasteiger partial charge in [-0.1, -0.05) is 62.7 Å². The lowest BCUT2D eigenvalue weighted by molar-refractivity contribution is 0.0681. The minimum absolute atomic E-state index is 0.0450. The number of imidazole rings is 1. The highest BCUT2D eigenvalue weighted by molar-refractivity contribution is 7.98. The van der Waals surface area contributed by atoms with E-state index in [-0.39, 0.29) is 10.6 Å². The van der Waals surface area contributed by atoms with Crippen molar-refractivity contribution in [2.75, 3.05) is 12.8 Å². The maximum atomic E-state index is 13.0. The number of nitrogens with zero attached hydrogens (tertiary/aromatic N) is 3. The summed E-state index contributed by atoms with van der Waals surface area (Å²) in [5, 5.41) is 12.8. The topological polar surface area (TPSA) is 134 Å². The second-order valence-corrected chi connectivity index (χ2v) is 10.8. The molecule has 1 atom stereocenters. The van der Waals surface area contributed by atoms with Gasteiger partial charge in [0.25, 0.3) is 0 Å². The third-order valence-electron chi connectivity index (χ3n) is 5.68. The molecule has 3 N–H and O–H groups in total. The van der Waals surface area contributed by atoms with Gasteiger partial charge in [-0.05, 0) is 36.3 Å². The summed E-state index contributed by atoms with van der Waals surface area (Å²) < 4.78 is 28.8. The third-order valence-corrected chi connectivity index (χ3v) is 7.69. The van der Waals surface area contributed by atoms with Gasteiger partial charge in [0.1, 0.15) is 10.9 Å². The number of aromatic carboxylic acids is 1. The van der Waals surface area contributed by atoms with E-state index in [0.29, 0.717) is 42.1 Å². The fraction of sp³-hybridized carbons (Fsp3) is 0.346. The molecule has 0 bridgehead atoms. The number of rotatable bonds is 11. The first-order chi connectivity index (χ1) is 17.7. The Hall–Kier alpha value is -3.15. The van der Waals surface area contributed by atoms with Crippen LogP contribution in [0.2, 0.25) is 0 Å². The van der Waals surface area contributed by atoms with Crippen LogP contribution in [0, 0.1) is 0 Å². The minimum Gasteiger partial charge on any atom is -0.476 e. The maximum Gasteiger partial charge on any atom is 0.355 e. The standard InChI is InChI=1S/C26H32N4O5S2/c1-4-6-11-22-28-24(36-3)23(25(31)32)30(22)17-18-12-14-19(15-13-18)20-9-7-8-10-21(20)37(34,35)29-26(33)27-16-5-2/h7-10,12-15H,4-6,11,16-17H2,1-3H3,(H,31,32)(H2,27,29,33,34,35). The SMILES string of the molecule is CCCCc1nc(SC)c(C(=O)O)n1Cc1ccc(-c2ccccc2S(=O)(O)=NC(=O)NCCC)cc1. The molecule has 1 heterocycles. The van der Waals surface area contributed by atoms with Gasteiger partial charge >= 0.3 is 12.0 Å². The number of carboxylic acids is 1. The summed E-state index contributed by atoms with van der Waals surface area (Å²) in [6.45, 7) is 4.64. The first kappa shape index (κ1) is 28.4. The Labute approximate surface area is 221 Å². The molecule has 37 heavy (non-hydrogen) atoms. The molecule has 3 rings (SSSR count). The molecule has 11 heteroatoms.